The lowest BCUT2D eigenvalue weighted by molar-refractivity contribution is -0.149. The Balaban J connectivity index is 0.00000392. The molecule has 2 aromatic rings. The average molecular weight is 404 g/mol. The summed E-state index contributed by atoms with van der Waals surface area (Å²) in [5.41, 5.74) is 2.08. The van der Waals surface area contributed by atoms with Crippen LogP contribution in [0.1, 0.15) is 44.7 Å². The number of halogens is 1. The average Bonchev–Trinajstić information content (AvgIpc) is 2.70. The third-order valence-electron chi connectivity index (χ3n) is 4.92. The van der Waals surface area contributed by atoms with Gasteiger partial charge in [0.2, 0.25) is 0 Å². The van der Waals surface area contributed by atoms with Crippen LogP contribution in [0, 0.1) is 5.41 Å². The molecule has 0 aliphatic carbocycles. The van der Waals surface area contributed by atoms with Crippen LogP contribution < -0.4 is 0 Å². The lowest BCUT2D eigenvalue weighted by Gasteiger charge is -2.31. The fourth-order valence-electron chi connectivity index (χ4n) is 3.34. The van der Waals surface area contributed by atoms with E-state index in [0.717, 1.165) is 30.8 Å². The van der Waals surface area contributed by atoms with E-state index in [1.807, 2.05) is 48.5 Å². The molecule has 0 N–H and O–H groups in total. The van der Waals surface area contributed by atoms with E-state index in [1.54, 1.807) is 0 Å². The van der Waals surface area contributed by atoms with Crippen molar-refractivity contribution in [3.05, 3.63) is 71.8 Å². The van der Waals surface area contributed by atoms with Crippen LogP contribution in [0.2, 0.25) is 0 Å². The Kier molecular flexibility index (Phi) is 10.3. The lowest BCUT2D eigenvalue weighted by atomic mass is 9.91. The van der Waals surface area contributed by atoms with Gasteiger partial charge in [0, 0.05) is 12.0 Å². The number of ether oxygens (including phenoxy) is 1. The minimum Gasteiger partial charge on any atom is -0.465 e. The summed E-state index contributed by atoms with van der Waals surface area (Å²) in [6.07, 6.45) is 0.653. The molecule has 2 aromatic carbocycles. The number of nitrogens with zero attached hydrogens (tertiary/aromatic N) is 1. The molecular weight excluding hydrogens is 370 g/mol. The van der Waals surface area contributed by atoms with Gasteiger partial charge in [0.05, 0.1) is 12.5 Å². The Morgan fingerprint density at radius 1 is 0.964 bits per heavy atom. The second-order valence-corrected chi connectivity index (χ2v) is 7.89. The van der Waals surface area contributed by atoms with Gasteiger partial charge in [0.15, 0.2) is 0 Å². The highest BCUT2D eigenvalue weighted by Gasteiger charge is 2.27. The molecule has 0 amide bonds. The molecule has 0 aliphatic rings. The molecule has 1 atom stereocenters. The van der Waals surface area contributed by atoms with Crippen LogP contribution in [-0.4, -0.2) is 37.1 Å². The van der Waals surface area contributed by atoms with E-state index in [4.69, 9.17) is 4.74 Å². The minimum atomic E-state index is -0.280. The molecule has 0 spiro atoms. The number of esters is 1. The zero-order valence-electron chi connectivity index (χ0n) is 17.6. The largest absolute Gasteiger partial charge is 0.465 e. The molecule has 0 aliphatic heterocycles. The van der Waals surface area contributed by atoms with Crippen LogP contribution >= 0.6 is 12.4 Å². The van der Waals surface area contributed by atoms with Crippen molar-refractivity contribution in [2.45, 2.75) is 40.0 Å². The highest BCUT2D eigenvalue weighted by molar-refractivity contribution is 5.85. The number of rotatable bonds is 10. The van der Waals surface area contributed by atoms with Crippen molar-refractivity contribution in [3.8, 4) is 0 Å². The molecule has 1 unspecified atom stereocenters. The smallest absolute Gasteiger partial charge is 0.313 e. The van der Waals surface area contributed by atoms with Crippen molar-refractivity contribution in [1.29, 1.82) is 0 Å². The van der Waals surface area contributed by atoms with Gasteiger partial charge in [-0.25, -0.2) is 0 Å². The summed E-state index contributed by atoms with van der Waals surface area (Å²) in [5.74, 6) is -0.421. The Hall–Kier alpha value is -1.84. The SMILES string of the molecule is CCN(CC)CC(C)(C)COC(=O)C(Cc1ccccc1)c1ccccc1.Cl. The Morgan fingerprint density at radius 2 is 1.50 bits per heavy atom. The predicted molar refractivity (Wildman–Crippen MR) is 119 cm³/mol. The molecule has 0 bridgehead atoms. The van der Waals surface area contributed by atoms with Gasteiger partial charge in [-0.2, -0.15) is 0 Å². The van der Waals surface area contributed by atoms with Crippen LogP contribution in [0.5, 0.6) is 0 Å². The Bertz CT molecular complexity index is 684. The van der Waals surface area contributed by atoms with Crippen LogP contribution in [0.15, 0.2) is 60.7 Å². The molecule has 0 saturated heterocycles. The lowest BCUT2D eigenvalue weighted by Crippen LogP contribution is -2.38. The summed E-state index contributed by atoms with van der Waals surface area (Å²) in [5, 5.41) is 0. The summed E-state index contributed by atoms with van der Waals surface area (Å²) in [6.45, 7) is 12.0. The molecule has 0 heterocycles. The van der Waals surface area contributed by atoms with E-state index in [9.17, 15) is 4.79 Å². The van der Waals surface area contributed by atoms with Crippen molar-refractivity contribution < 1.29 is 9.53 Å². The molecule has 28 heavy (non-hydrogen) atoms. The molecule has 2 rings (SSSR count). The van der Waals surface area contributed by atoms with Crippen LogP contribution in [0.25, 0.3) is 0 Å². The van der Waals surface area contributed by atoms with Crippen LogP contribution in [0.4, 0.5) is 0 Å². The second-order valence-electron chi connectivity index (χ2n) is 7.89. The first-order valence-electron chi connectivity index (χ1n) is 9.93. The molecule has 3 nitrogen and oxygen atoms in total. The minimum absolute atomic E-state index is 0. The maximum absolute atomic E-state index is 13.0. The molecule has 0 saturated carbocycles. The first-order chi connectivity index (χ1) is 12.9. The van der Waals surface area contributed by atoms with Gasteiger partial charge in [-0.05, 0) is 30.6 Å². The Morgan fingerprint density at radius 3 is 2.04 bits per heavy atom. The summed E-state index contributed by atoms with van der Waals surface area (Å²) >= 11 is 0. The summed E-state index contributed by atoms with van der Waals surface area (Å²) < 4.78 is 5.82. The highest BCUT2D eigenvalue weighted by Crippen LogP contribution is 2.25. The van der Waals surface area contributed by atoms with Gasteiger partial charge in [0.1, 0.15) is 0 Å². The first kappa shape index (κ1) is 24.2. The van der Waals surface area contributed by atoms with E-state index < -0.39 is 0 Å². The second kappa shape index (κ2) is 11.9. The van der Waals surface area contributed by atoms with E-state index in [2.05, 4.69) is 44.7 Å². The van der Waals surface area contributed by atoms with Crippen molar-refractivity contribution >= 4 is 18.4 Å². The summed E-state index contributed by atoms with van der Waals surface area (Å²) in [4.78, 5) is 15.4. The summed E-state index contributed by atoms with van der Waals surface area (Å²) in [7, 11) is 0. The maximum atomic E-state index is 13.0. The Labute approximate surface area is 176 Å². The quantitative estimate of drug-likeness (QED) is 0.501. The molecule has 0 aromatic heterocycles. The zero-order chi connectivity index (χ0) is 19.7. The highest BCUT2D eigenvalue weighted by atomic mass is 35.5. The third kappa shape index (κ3) is 7.65. The van der Waals surface area contributed by atoms with Gasteiger partial charge < -0.3 is 9.64 Å². The van der Waals surface area contributed by atoms with Gasteiger partial charge in [-0.1, -0.05) is 88.4 Å². The zero-order valence-corrected chi connectivity index (χ0v) is 18.4. The van der Waals surface area contributed by atoms with Gasteiger partial charge in [-0.3, -0.25) is 4.79 Å². The molecular formula is C24H34ClNO2. The normalized spacial score (nSPS) is 12.3. The van der Waals surface area contributed by atoms with Gasteiger partial charge in [-0.15, -0.1) is 12.4 Å². The third-order valence-corrected chi connectivity index (χ3v) is 4.92. The van der Waals surface area contributed by atoms with E-state index in [1.165, 1.54) is 0 Å². The topological polar surface area (TPSA) is 29.5 Å². The fraction of sp³-hybridized carbons (Fsp3) is 0.458. The van der Waals surface area contributed by atoms with Gasteiger partial charge in [0.25, 0.3) is 0 Å². The number of hydrogen-bond acceptors (Lipinski definition) is 3. The van der Waals surface area contributed by atoms with E-state index in [0.29, 0.717) is 13.0 Å². The fourth-order valence-corrected chi connectivity index (χ4v) is 3.34. The standard InChI is InChI=1S/C24H33NO2.ClH/c1-5-25(6-2)18-24(3,4)19-27-23(26)22(21-15-11-8-12-16-21)17-20-13-9-7-10-14-20;/h7-16,22H,5-6,17-19H2,1-4H3;1H. The number of hydrogen-bond donors (Lipinski definition) is 0. The predicted octanol–water partition coefficient (Wildman–Crippen LogP) is 5.35. The van der Waals surface area contributed by atoms with Gasteiger partial charge >= 0.3 is 5.97 Å². The first-order valence-corrected chi connectivity index (χ1v) is 9.93. The van der Waals surface area contributed by atoms with E-state index in [-0.39, 0.29) is 29.7 Å². The summed E-state index contributed by atoms with van der Waals surface area (Å²) in [6, 6.07) is 20.1. The number of carbonyl (C=O) groups excluding carboxylic acids is 1. The van der Waals surface area contributed by atoms with Crippen LogP contribution in [0.3, 0.4) is 0 Å². The van der Waals surface area contributed by atoms with Crippen molar-refractivity contribution in [2.24, 2.45) is 5.41 Å². The van der Waals surface area contributed by atoms with Crippen molar-refractivity contribution in [3.63, 3.8) is 0 Å². The van der Waals surface area contributed by atoms with Crippen LogP contribution in [-0.2, 0) is 16.0 Å². The van der Waals surface area contributed by atoms with E-state index >= 15 is 0 Å². The molecule has 0 radical (unpaired) electrons. The monoisotopic (exact) mass is 403 g/mol. The van der Waals surface area contributed by atoms with Crippen molar-refractivity contribution in [1.82, 2.24) is 4.90 Å². The molecule has 154 valence electrons. The number of carbonyl (C=O) groups is 1. The maximum Gasteiger partial charge on any atom is 0.313 e. The van der Waals surface area contributed by atoms with Crippen molar-refractivity contribution in [2.75, 3.05) is 26.2 Å². The number of benzene rings is 2. The molecule has 4 heteroatoms. The molecule has 0 fully saturated rings.